The van der Waals surface area contributed by atoms with E-state index < -0.39 is 5.97 Å². The highest BCUT2D eigenvalue weighted by atomic mass is 16.5. The minimum atomic E-state index is -1.04. The fourth-order valence-electron chi connectivity index (χ4n) is 1.70. The fourth-order valence-corrected chi connectivity index (χ4v) is 1.70. The van der Waals surface area contributed by atoms with Gasteiger partial charge in [-0.2, -0.15) is 0 Å². The number of hydrogen-bond donors (Lipinski definition) is 1. The molecule has 2 aromatic rings. The predicted molar refractivity (Wildman–Crippen MR) is 69.1 cm³/mol. The van der Waals surface area contributed by atoms with E-state index >= 15 is 0 Å². The molecule has 0 atom stereocenters. The summed E-state index contributed by atoms with van der Waals surface area (Å²) in [5, 5.41) is 10.7. The normalized spacial score (nSPS) is 10.5. The molecule has 0 saturated heterocycles. The summed E-state index contributed by atoms with van der Waals surface area (Å²) in [6.45, 7) is 2.62. The van der Waals surface area contributed by atoms with Gasteiger partial charge in [-0.25, -0.2) is 9.78 Å². The van der Waals surface area contributed by atoms with Crippen molar-refractivity contribution in [2.75, 3.05) is 6.61 Å². The number of nitrogens with zero attached hydrogens (tertiary/aromatic N) is 1. The number of aromatic nitrogens is 1. The molecular formula is C14H15NO3. The van der Waals surface area contributed by atoms with Crippen LogP contribution in [0, 0.1) is 0 Å². The van der Waals surface area contributed by atoms with E-state index in [1.807, 2.05) is 24.3 Å². The monoisotopic (exact) mass is 245 g/mol. The van der Waals surface area contributed by atoms with Crippen LogP contribution in [0.4, 0.5) is 0 Å². The smallest absolute Gasteiger partial charge is 0.354 e. The Morgan fingerprint density at radius 3 is 2.89 bits per heavy atom. The average Bonchev–Trinajstić information content (AvgIpc) is 2.38. The Kier molecular flexibility index (Phi) is 3.77. The summed E-state index contributed by atoms with van der Waals surface area (Å²) in [5.74, 6) is -0.639. The SMILES string of the molecule is CCCCOc1nc(C(=O)O)cc2ccccc12. The summed E-state index contributed by atoms with van der Waals surface area (Å²) in [7, 11) is 0. The van der Waals surface area contributed by atoms with Crippen molar-refractivity contribution in [1.82, 2.24) is 4.98 Å². The molecule has 94 valence electrons. The number of fused-ring (bicyclic) bond motifs is 1. The van der Waals surface area contributed by atoms with E-state index in [4.69, 9.17) is 9.84 Å². The van der Waals surface area contributed by atoms with Gasteiger partial charge in [-0.05, 0) is 23.9 Å². The van der Waals surface area contributed by atoms with Gasteiger partial charge in [-0.1, -0.05) is 31.5 Å². The maximum atomic E-state index is 11.0. The molecule has 1 aromatic heterocycles. The van der Waals surface area contributed by atoms with Crippen LogP contribution in [0.3, 0.4) is 0 Å². The van der Waals surface area contributed by atoms with Gasteiger partial charge in [0.25, 0.3) is 0 Å². The van der Waals surface area contributed by atoms with Crippen LogP contribution in [0.1, 0.15) is 30.3 Å². The second kappa shape index (κ2) is 5.49. The van der Waals surface area contributed by atoms with Crippen molar-refractivity contribution in [3.05, 3.63) is 36.0 Å². The van der Waals surface area contributed by atoms with E-state index in [1.165, 1.54) is 0 Å². The number of pyridine rings is 1. The molecule has 0 unspecified atom stereocenters. The second-order valence-electron chi connectivity index (χ2n) is 4.04. The van der Waals surface area contributed by atoms with Gasteiger partial charge in [-0.15, -0.1) is 0 Å². The molecule has 4 nitrogen and oxygen atoms in total. The van der Waals surface area contributed by atoms with Crippen molar-refractivity contribution in [1.29, 1.82) is 0 Å². The lowest BCUT2D eigenvalue weighted by molar-refractivity contribution is 0.0689. The Balaban J connectivity index is 2.43. The van der Waals surface area contributed by atoms with E-state index in [1.54, 1.807) is 6.07 Å². The van der Waals surface area contributed by atoms with E-state index in [2.05, 4.69) is 11.9 Å². The van der Waals surface area contributed by atoms with Crippen LogP contribution in [0.5, 0.6) is 5.88 Å². The first-order valence-corrected chi connectivity index (χ1v) is 5.98. The number of carboxylic acids is 1. The molecule has 0 fully saturated rings. The zero-order chi connectivity index (χ0) is 13.0. The third kappa shape index (κ3) is 2.59. The first-order valence-electron chi connectivity index (χ1n) is 5.98. The van der Waals surface area contributed by atoms with Gasteiger partial charge < -0.3 is 9.84 Å². The number of carbonyl (C=O) groups is 1. The van der Waals surface area contributed by atoms with Crippen LogP contribution in [0.2, 0.25) is 0 Å². The van der Waals surface area contributed by atoms with E-state index in [0.29, 0.717) is 12.5 Å². The maximum absolute atomic E-state index is 11.0. The maximum Gasteiger partial charge on any atom is 0.354 e. The van der Waals surface area contributed by atoms with Crippen molar-refractivity contribution in [3.63, 3.8) is 0 Å². The Morgan fingerprint density at radius 2 is 2.17 bits per heavy atom. The molecule has 1 aromatic carbocycles. The first kappa shape index (κ1) is 12.4. The third-order valence-corrected chi connectivity index (χ3v) is 2.66. The van der Waals surface area contributed by atoms with Crippen LogP contribution in [-0.2, 0) is 0 Å². The largest absolute Gasteiger partial charge is 0.477 e. The van der Waals surface area contributed by atoms with E-state index in [9.17, 15) is 4.79 Å². The lowest BCUT2D eigenvalue weighted by atomic mass is 10.1. The third-order valence-electron chi connectivity index (χ3n) is 2.66. The van der Waals surface area contributed by atoms with Crippen LogP contribution in [0.15, 0.2) is 30.3 Å². The molecule has 0 saturated carbocycles. The van der Waals surface area contributed by atoms with Crippen LogP contribution in [-0.4, -0.2) is 22.7 Å². The standard InChI is InChI=1S/C14H15NO3/c1-2-3-8-18-13-11-7-5-4-6-10(11)9-12(15-13)14(16)17/h4-7,9H,2-3,8H2,1H3,(H,16,17). The van der Waals surface area contributed by atoms with Crippen molar-refractivity contribution in [2.45, 2.75) is 19.8 Å². The minimum Gasteiger partial charge on any atom is -0.477 e. The number of carboxylic acid groups (broad SMARTS) is 1. The molecule has 0 amide bonds. The summed E-state index contributed by atoms with van der Waals surface area (Å²) in [6, 6.07) is 9.05. The van der Waals surface area contributed by atoms with Crippen LogP contribution >= 0.6 is 0 Å². The highest BCUT2D eigenvalue weighted by Gasteiger charge is 2.11. The summed E-state index contributed by atoms with van der Waals surface area (Å²) >= 11 is 0. The molecule has 0 aliphatic rings. The Labute approximate surface area is 105 Å². The van der Waals surface area contributed by atoms with Gasteiger partial charge >= 0.3 is 5.97 Å². The molecule has 2 rings (SSSR count). The zero-order valence-corrected chi connectivity index (χ0v) is 10.2. The molecule has 0 aliphatic heterocycles. The second-order valence-corrected chi connectivity index (χ2v) is 4.04. The van der Waals surface area contributed by atoms with Gasteiger partial charge in [0.1, 0.15) is 0 Å². The van der Waals surface area contributed by atoms with Gasteiger partial charge in [0, 0.05) is 5.39 Å². The average molecular weight is 245 g/mol. The topological polar surface area (TPSA) is 59.4 Å². The summed E-state index contributed by atoms with van der Waals surface area (Å²) in [5.41, 5.74) is 0.0141. The lowest BCUT2D eigenvalue weighted by Crippen LogP contribution is -2.05. The predicted octanol–water partition coefficient (Wildman–Crippen LogP) is 3.11. The van der Waals surface area contributed by atoms with Crippen molar-refractivity contribution in [3.8, 4) is 5.88 Å². The summed E-state index contributed by atoms with van der Waals surface area (Å²) < 4.78 is 5.58. The Bertz CT molecular complexity index is 566. The van der Waals surface area contributed by atoms with Crippen LogP contribution < -0.4 is 4.74 Å². The van der Waals surface area contributed by atoms with E-state index in [0.717, 1.165) is 23.6 Å². The molecule has 1 heterocycles. The minimum absolute atomic E-state index is 0.0141. The van der Waals surface area contributed by atoms with Gasteiger partial charge in [-0.3, -0.25) is 0 Å². The Hall–Kier alpha value is -2.10. The summed E-state index contributed by atoms with van der Waals surface area (Å²) in [4.78, 5) is 15.1. The van der Waals surface area contributed by atoms with E-state index in [-0.39, 0.29) is 5.69 Å². The number of rotatable bonds is 5. The highest BCUT2D eigenvalue weighted by molar-refractivity contribution is 5.94. The Morgan fingerprint density at radius 1 is 1.39 bits per heavy atom. The zero-order valence-electron chi connectivity index (χ0n) is 10.2. The molecule has 18 heavy (non-hydrogen) atoms. The summed E-state index contributed by atoms with van der Waals surface area (Å²) in [6.07, 6.45) is 1.95. The van der Waals surface area contributed by atoms with Crippen molar-refractivity contribution < 1.29 is 14.6 Å². The van der Waals surface area contributed by atoms with Crippen molar-refractivity contribution >= 4 is 16.7 Å². The van der Waals surface area contributed by atoms with Crippen LogP contribution in [0.25, 0.3) is 10.8 Å². The molecular weight excluding hydrogens is 230 g/mol. The quantitative estimate of drug-likeness (QED) is 0.822. The van der Waals surface area contributed by atoms with Gasteiger partial charge in [0.2, 0.25) is 5.88 Å². The molecule has 0 spiro atoms. The first-order chi connectivity index (χ1) is 8.72. The highest BCUT2D eigenvalue weighted by Crippen LogP contribution is 2.24. The van der Waals surface area contributed by atoms with Gasteiger partial charge in [0.15, 0.2) is 5.69 Å². The molecule has 4 heteroatoms. The molecule has 0 bridgehead atoms. The fraction of sp³-hybridized carbons (Fsp3) is 0.286. The molecule has 0 aliphatic carbocycles. The number of hydrogen-bond acceptors (Lipinski definition) is 3. The van der Waals surface area contributed by atoms with Gasteiger partial charge in [0.05, 0.1) is 6.61 Å². The van der Waals surface area contributed by atoms with Crippen molar-refractivity contribution in [2.24, 2.45) is 0 Å². The molecule has 0 radical (unpaired) electrons. The number of unbranched alkanes of at least 4 members (excludes halogenated alkanes) is 1. The molecule has 1 N–H and O–H groups in total. The lowest BCUT2D eigenvalue weighted by Gasteiger charge is -2.08. The number of aromatic carboxylic acids is 1. The number of benzene rings is 1. The number of ether oxygens (including phenoxy) is 1.